The van der Waals surface area contributed by atoms with Gasteiger partial charge in [-0.2, -0.15) is 0 Å². The number of carboxylic acids is 1. The van der Waals surface area contributed by atoms with Crippen molar-refractivity contribution in [3.05, 3.63) is 12.4 Å². The Labute approximate surface area is 122 Å². The minimum absolute atomic E-state index is 0.0168. The van der Waals surface area contributed by atoms with E-state index in [4.69, 9.17) is 5.11 Å². The summed E-state index contributed by atoms with van der Waals surface area (Å²) in [5.74, 6) is -0.710. The van der Waals surface area contributed by atoms with Gasteiger partial charge in [-0.3, -0.25) is 9.59 Å². The van der Waals surface area contributed by atoms with Crippen LogP contribution < -0.4 is 0 Å². The van der Waals surface area contributed by atoms with Crippen LogP contribution in [0.4, 0.5) is 0 Å². The number of carboxylic acid groups (broad SMARTS) is 1. The number of piperidine rings is 1. The van der Waals surface area contributed by atoms with Crippen molar-refractivity contribution in [2.75, 3.05) is 18.8 Å². The fourth-order valence-electron chi connectivity index (χ4n) is 2.25. The molecule has 1 aliphatic rings. The molecule has 0 aliphatic carbocycles. The monoisotopic (exact) mass is 297 g/mol. The Morgan fingerprint density at radius 3 is 2.75 bits per heavy atom. The molecule has 0 radical (unpaired) electrons. The van der Waals surface area contributed by atoms with E-state index in [1.165, 1.54) is 18.2 Å². The predicted octanol–water partition coefficient (Wildman–Crippen LogP) is 1.46. The maximum Gasteiger partial charge on any atom is 0.313 e. The summed E-state index contributed by atoms with van der Waals surface area (Å²) in [5, 5.41) is 9.32. The second-order valence-electron chi connectivity index (χ2n) is 4.78. The molecule has 6 nitrogen and oxygen atoms in total. The molecule has 0 bridgehead atoms. The fourth-order valence-corrected chi connectivity index (χ4v) is 2.96. The molecule has 0 unspecified atom stereocenters. The van der Waals surface area contributed by atoms with E-state index in [1.54, 1.807) is 12.4 Å². The van der Waals surface area contributed by atoms with Gasteiger partial charge in [0.2, 0.25) is 5.91 Å². The zero-order chi connectivity index (χ0) is 14.4. The van der Waals surface area contributed by atoms with Crippen molar-refractivity contribution in [1.29, 1.82) is 0 Å². The van der Waals surface area contributed by atoms with Crippen LogP contribution in [-0.2, 0) is 16.1 Å². The molecule has 1 aromatic rings. The molecule has 2 heterocycles. The van der Waals surface area contributed by atoms with Gasteiger partial charge in [0.1, 0.15) is 0 Å². The third-order valence-electron chi connectivity index (χ3n) is 3.28. The third-order valence-corrected chi connectivity index (χ3v) is 4.27. The fraction of sp³-hybridized carbons (Fsp3) is 0.615. The minimum Gasteiger partial charge on any atom is -0.481 e. The average Bonchev–Trinajstić information content (AvgIpc) is 2.91. The molecule has 0 aromatic carbocycles. The summed E-state index contributed by atoms with van der Waals surface area (Å²) in [7, 11) is 0. The van der Waals surface area contributed by atoms with Crippen molar-refractivity contribution >= 4 is 23.6 Å². The summed E-state index contributed by atoms with van der Waals surface area (Å²) in [6, 6.07) is 0. The molecular formula is C13H19N3O3S. The minimum atomic E-state index is -0.867. The van der Waals surface area contributed by atoms with Crippen LogP contribution in [0.15, 0.2) is 17.6 Å². The highest BCUT2D eigenvalue weighted by Crippen LogP contribution is 2.16. The molecule has 7 heteroatoms. The van der Waals surface area contributed by atoms with Crippen molar-refractivity contribution < 1.29 is 14.7 Å². The van der Waals surface area contributed by atoms with E-state index in [0.29, 0.717) is 18.1 Å². The number of imidazole rings is 1. The van der Waals surface area contributed by atoms with Gasteiger partial charge < -0.3 is 14.6 Å². The summed E-state index contributed by atoms with van der Waals surface area (Å²) in [6.07, 6.45) is 7.26. The molecule has 1 aromatic heterocycles. The number of thioether (sulfide) groups is 1. The smallest absolute Gasteiger partial charge is 0.313 e. The van der Waals surface area contributed by atoms with E-state index in [0.717, 1.165) is 25.9 Å². The first-order valence-electron chi connectivity index (χ1n) is 6.80. The summed E-state index contributed by atoms with van der Waals surface area (Å²) in [6.45, 7) is 2.28. The zero-order valence-electron chi connectivity index (χ0n) is 11.3. The first-order chi connectivity index (χ1) is 9.66. The van der Waals surface area contributed by atoms with Crippen molar-refractivity contribution in [2.24, 2.45) is 0 Å². The van der Waals surface area contributed by atoms with Crippen LogP contribution in [0.1, 0.15) is 25.7 Å². The molecule has 1 N–H and O–H groups in total. The van der Waals surface area contributed by atoms with Gasteiger partial charge in [-0.25, -0.2) is 4.98 Å². The highest BCUT2D eigenvalue weighted by molar-refractivity contribution is 7.99. The molecule has 1 saturated heterocycles. The Hall–Kier alpha value is -1.50. The number of hydrogen-bond donors (Lipinski definition) is 1. The largest absolute Gasteiger partial charge is 0.481 e. The van der Waals surface area contributed by atoms with Crippen molar-refractivity contribution in [1.82, 2.24) is 14.5 Å². The Morgan fingerprint density at radius 1 is 1.30 bits per heavy atom. The molecule has 1 fully saturated rings. The zero-order valence-corrected chi connectivity index (χ0v) is 12.1. The highest BCUT2D eigenvalue weighted by atomic mass is 32.2. The number of carbonyl (C=O) groups is 2. The van der Waals surface area contributed by atoms with Gasteiger partial charge in [0.05, 0.1) is 5.75 Å². The van der Waals surface area contributed by atoms with E-state index >= 15 is 0 Å². The Bertz CT molecular complexity index is 469. The first kappa shape index (κ1) is 14.9. The number of likely N-dealkylation sites (tertiary alicyclic amines) is 1. The lowest BCUT2D eigenvalue weighted by Gasteiger charge is -2.26. The van der Waals surface area contributed by atoms with Crippen LogP contribution in [0.5, 0.6) is 0 Å². The van der Waals surface area contributed by atoms with Gasteiger partial charge in [-0.05, 0) is 19.3 Å². The average molecular weight is 297 g/mol. The van der Waals surface area contributed by atoms with E-state index < -0.39 is 5.97 Å². The maximum absolute atomic E-state index is 12.1. The molecule has 1 amide bonds. The van der Waals surface area contributed by atoms with Crippen LogP contribution in [0.25, 0.3) is 0 Å². The van der Waals surface area contributed by atoms with Crippen LogP contribution in [0, 0.1) is 0 Å². The molecule has 1 aliphatic heterocycles. The SMILES string of the molecule is O=C(O)CSc1nccn1CCC(=O)N1CCCCC1. The van der Waals surface area contributed by atoms with E-state index in [9.17, 15) is 9.59 Å². The number of aryl methyl sites for hydroxylation is 1. The van der Waals surface area contributed by atoms with Gasteiger partial charge in [-0.15, -0.1) is 0 Å². The van der Waals surface area contributed by atoms with Crippen LogP contribution in [-0.4, -0.2) is 50.3 Å². The normalized spacial score (nSPS) is 15.3. The van der Waals surface area contributed by atoms with Gasteiger partial charge in [0.15, 0.2) is 5.16 Å². The van der Waals surface area contributed by atoms with Gasteiger partial charge >= 0.3 is 5.97 Å². The molecule has 0 spiro atoms. The lowest BCUT2D eigenvalue weighted by Crippen LogP contribution is -2.36. The van der Waals surface area contributed by atoms with Gasteiger partial charge in [-0.1, -0.05) is 11.8 Å². The number of nitrogens with zero attached hydrogens (tertiary/aromatic N) is 3. The molecule has 110 valence electrons. The number of hydrogen-bond acceptors (Lipinski definition) is 4. The van der Waals surface area contributed by atoms with E-state index in [-0.39, 0.29) is 11.7 Å². The molecule has 2 rings (SSSR count). The van der Waals surface area contributed by atoms with Gasteiger partial charge in [0.25, 0.3) is 0 Å². The summed E-state index contributed by atoms with van der Waals surface area (Å²) < 4.78 is 1.84. The summed E-state index contributed by atoms with van der Waals surface area (Å²) in [4.78, 5) is 28.7. The first-order valence-corrected chi connectivity index (χ1v) is 7.79. The Kier molecular flexibility index (Phi) is 5.46. The second-order valence-corrected chi connectivity index (χ2v) is 5.72. The van der Waals surface area contributed by atoms with Gasteiger partial charge in [0, 0.05) is 38.4 Å². The number of aromatic nitrogens is 2. The van der Waals surface area contributed by atoms with Crippen molar-refractivity contribution in [3.63, 3.8) is 0 Å². The summed E-state index contributed by atoms with van der Waals surface area (Å²) >= 11 is 1.18. The van der Waals surface area contributed by atoms with Crippen molar-refractivity contribution in [2.45, 2.75) is 37.4 Å². The number of carbonyl (C=O) groups excluding carboxylic acids is 1. The number of rotatable bonds is 6. The summed E-state index contributed by atoms with van der Waals surface area (Å²) in [5.41, 5.74) is 0. The number of aliphatic carboxylic acids is 1. The van der Waals surface area contributed by atoms with E-state index in [1.807, 2.05) is 9.47 Å². The van der Waals surface area contributed by atoms with Crippen molar-refractivity contribution in [3.8, 4) is 0 Å². The van der Waals surface area contributed by atoms with E-state index in [2.05, 4.69) is 4.98 Å². The Morgan fingerprint density at radius 2 is 2.05 bits per heavy atom. The molecular weight excluding hydrogens is 278 g/mol. The lowest BCUT2D eigenvalue weighted by atomic mass is 10.1. The lowest BCUT2D eigenvalue weighted by molar-refractivity contribution is -0.134. The number of amides is 1. The molecule has 0 atom stereocenters. The highest BCUT2D eigenvalue weighted by Gasteiger charge is 2.16. The van der Waals surface area contributed by atoms with Crippen LogP contribution in [0.3, 0.4) is 0 Å². The second kappa shape index (κ2) is 7.33. The van der Waals surface area contributed by atoms with Crippen LogP contribution >= 0.6 is 11.8 Å². The third kappa shape index (κ3) is 4.26. The standard InChI is InChI=1S/C13H19N3O3S/c17-11(15-6-2-1-3-7-15)4-8-16-9-5-14-13(16)20-10-12(18)19/h5,9H,1-4,6-8,10H2,(H,18,19). The Balaban J connectivity index is 1.82. The quantitative estimate of drug-likeness (QED) is 0.805. The topological polar surface area (TPSA) is 75.4 Å². The molecule has 0 saturated carbocycles. The van der Waals surface area contributed by atoms with Crippen LogP contribution in [0.2, 0.25) is 0 Å². The predicted molar refractivity (Wildman–Crippen MR) is 75.6 cm³/mol. The molecule has 20 heavy (non-hydrogen) atoms. The maximum atomic E-state index is 12.1.